The molecular weight excluding hydrogens is 256 g/mol. The molecule has 2 heterocycles. The van der Waals surface area contributed by atoms with Gasteiger partial charge in [0.25, 0.3) is 4.96 Å². The van der Waals surface area contributed by atoms with Crippen molar-refractivity contribution in [2.75, 3.05) is 11.9 Å². The van der Waals surface area contributed by atoms with Crippen molar-refractivity contribution >= 4 is 27.9 Å². The summed E-state index contributed by atoms with van der Waals surface area (Å²) < 4.78 is 1.45. The third-order valence-corrected chi connectivity index (χ3v) is 3.67. The van der Waals surface area contributed by atoms with Gasteiger partial charge in [-0.25, -0.2) is 0 Å². The molecule has 2 rings (SSSR count). The third kappa shape index (κ3) is 2.16. The average Bonchev–Trinajstić information content (AvgIpc) is 2.86. The summed E-state index contributed by atoms with van der Waals surface area (Å²) in [5, 5.41) is 24.9. The van der Waals surface area contributed by atoms with Crippen LogP contribution >= 0.6 is 11.3 Å². The standard InChI is InChI=1S/C10H14N4O3S/c1-6(5-15)7(2)11-8-9(14(16)17)13-3-4-18-10(13)12-8/h3-4,6-7,11,15H,5H2,1-2H3. The first-order chi connectivity index (χ1) is 8.54. The molecule has 0 saturated heterocycles. The van der Waals surface area contributed by atoms with Crippen molar-refractivity contribution in [3.8, 4) is 0 Å². The second kappa shape index (κ2) is 4.91. The molecule has 7 nitrogen and oxygen atoms in total. The minimum absolute atomic E-state index is 0.00987. The topological polar surface area (TPSA) is 92.7 Å². The molecule has 0 fully saturated rings. The van der Waals surface area contributed by atoms with Gasteiger partial charge in [-0.1, -0.05) is 18.3 Å². The molecule has 2 unspecified atom stereocenters. The molecule has 0 amide bonds. The minimum Gasteiger partial charge on any atom is -0.396 e. The maximum atomic E-state index is 11.1. The number of hydrogen-bond acceptors (Lipinski definition) is 6. The smallest absolute Gasteiger partial charge is 0.372 e. The Morgan fingerprint density at radius 2 is 2.39 bits per heavy atom. The van der Waals surface area contributed by atoms with Gasteiger partial charge in [0.05, 0.1) is 0 Å². The van der Waals surface area contributed by atoms with Gasteiger partial charge in [-0.2, -0.15) is 9.38 Å². The van der Waals surface area contributed by atoms with Crippen molar-refractivity contribution in [3.05, 3.63) is 21.7 Å². The highest BCUT2D eigenvalue weighted by atomic mass is 32.1. The number of nitro groups is 1. The van der Waals surface area contributed by atoms with Crippen LogP contribution in [0.3, 0.4) is 0 Å². The van der Waals surface area contributed by atoms with Crippen molar-refractivity contribution in [1.82, 2.24) is 9.38 Å². The Morgan fingerprint density at radius 3 is 3.00 bits per heavy atom. The Labute approximate surface area is 107 Å². The number of nitrogens with one attached hydrogen (secondary N) is 1. The van der Waals surface area contributed by atoms with Gasteiger partial charge in [0.2, 0.25) is 5.82 Å². The van der Waals surface area contributed by atoms with E-state index in [1.807, 2.05) is 13.8 Å². The van der Waals surface area contributed by atoms with E-state index in [-0.39, 0.29) is 30.2 Å². The zero-order valence-electron chi connectivity index (χ0n) is 10.0. The van der Waals surface area contributed by atoms with Crippen LogP contribution in [0.15, 0.2) is 11.6 Å². The van der Waals surface area contributed by atoms with Gasteiger partial charge in [0.1, 0.15) is 6.20 Å². The number of hydrogen-bond donors (Lipinski definition) is 2. The Morgan fingerprint density at radius 1 is 1.67 bits per heavy atom. The van der Waals surface area contributed by atoms with Crippen LogP contribution in [-0.2, 0) is 0 Å². The number of rotatable bonds is 5. The molecule has 0 saturated carbocycles. The number of thiazole rings is 1. The first-order valence-electron chi connectivity index (χ1n) is 5.52. The van der Waals surface area contributed by atoms with Crippen LogP contribution < -0.4 is 5.32 Å². The van der Waals surface area contributed by atoms with Crippen LogP contribution in [0.4, 0.5) is 11.6 Å². The van der Waals surface area contributed by atoms with E-state index in [4.69, 9.17) is 5.11 Å². The first-order valence-corrected chi connectivity index (χ1v) is 6.40. The fourth-order valence-corrected chi connectivity index (χ4v) is 2.27. The molecule has 0 aliphatic rings. The summed E-state index contributed by atoms with van der Waals surface area (Å²) in [6.07, 6.45) is 1.62. The van der Waals surface area contributed by atoms with Crippen molar-refractivity contribution < 1.29 is 10.0 Å². The summed E-state index contributed by atoms with van der Waals surface area (Å²) in [5.74, 6) is 0.173. The van der Waals surface area contributed by atoms with E-state index in [1.54, 1.807) is 11.6 Å². The Bertz CT molecular complexity index is 564. The molecule has 8 heteroatoms. The van der Waals surface area contributed by atoms with Crippen LogP contribution in [-0.4, -0.2) is 32.1 Å². The number of aliphatic hydroxyl groups excluding tert-OH is 1. The lowest BCUT2D eigenvalue weighted by Crippen LogP contribution is -2.26. The van der Waals surface area contributed by atoms with E-state index < -0.39 is 4.92 Å². The van der Waals surface area contributed by atoms with Gasteiger partial charge in [-0.3, -0.25) is 0 Å². The number of anilines is 1. The molecule has 0 aliphatic carbocycles. The molecule has 0 aromatic carbocycles. The molecule has 2 atom stereocenters. The van der Waals surface area contributed by atoms with Gasteiger partial charge < -0.3 is 20.5 Å². The summed E-state index contributed by atoms with van der Waals surface area (Å²) in [7, 11) is 0. The number of aromatic nitrogens is 2. The fraction of sp³-hybridized carbons (Fsp3) is 0.500. The second-order valence-corrected chi connectivity index (χ2v) is 5.06. The third-order valence-electron chi connectivity index (χ3n) is 2.92. The number of nitrogens with zero attached hydrogens (tertiary/aromatic N) is 3. The summed E-state index contributed by atoms with van der Waals surface area (Å²) in [6, 6.07) is -0.0988. The predicted molar refractivity (Wildman–Crippen MR) is 69.1 cm³/mol. The number of imidazole rings is 1. The number of fused-ring (bicyclic) bond motifs is 1. The highest BCUT2D eigenvalue weighted by Gasteiger charge is 2.25. The Hall–Kier alpha value is -1.67. The lowest BCUT2D eigenvalue weighted by atomic mass is 10.1. The molecule has 18 heavy (non-hydrogen) atoms. The first kappa shape index (κ1) is 12.8. The van der Waals surface area contributed by atoms with Gasteiger partial charge in [0.15, 0.2) is 0 Å². The van der Waals surface area contributed by atoms with Crippen molar-refractivity contribution in [3.63, 3.8) is 0 Å². The largest absolute Gasteiger partial charge is 0.396 e. The summed E-state index contributed by atoms with van der Waals surface area (Å²) in [4.78, 5) is 15.4. The maximum Gasteiger partial charge on any atom is 0.372 e. The zero-order valence-corrected chi connectivity index (χ0v) is 10.8. The zero-order chi connectivity index (χ0) is 13.3. The SMILES string of the molecule is CC(CO)C(C)Nc1nc2sccn2c1[N+](=O)[O-]. The molecule has 0 spiro atoms. The highest BCUT2D eigenvalue weighted by molar-refractivity contribution is 7.15. The van der Waals surface area contributed by atoms with E-state index in [2.05, 4.69) is 10.3 Å². The number of aliphatic hydroxyl groups is 1. The molecule has 2 aromatic rings. The molecular formula is C10H14N4O3S. The Kier molecular flexibility index (Phi) is 3.48. The Balaban J connectivity index is 2.35. The van der Waals surface area contributed by atoms with E-state index >= 15 is 0 Å². The second-order valence-electron chi connectivity index (χ2n) is 4.19. The van der Waals surface area contributed by atoms with Crippen LogP contribution in [0.5, 0.6) is 0 Å². The van der Waals surface area contributed by atoms with Crippen molar-refractivity contribution in [1.29, 1.82) is 0 Å². The van der Waals surface area contributed by atoms with Crippen molar-refractivity contribution in [2.45, 2.75) is 19.9 Å². The van der Waals surface area contributed by atoms with Crippen molar-refractivity contribution in [2.24, 2.45) is 5.92 Å². The molecule has 2 aromatic heterocycles. The molecule has 0 bridgehead atoms. The summed E-state index contributed by atoms with van der Waals surface area (Å²) >= 11 is 1.34. The predicted octanol–water partition coefficient (Wildman–Crippen LogP) is 1.73. The lowest BCUT2D eigenvalue weighted by molar-refractivity contribution is -0.389. The maximum absolute atomic E-state index is 11.1. The van der Waals surface area contributed by atoms with Crippen LogP contribution in [0.2, 0.25) is 0 Å². The van der Waals surface area contributed by atoms with Gasteiger partial charge in [-0.15, -0.1) is 0 Å². The van der Waals surface area contributed by atoms with E-state index in [0.29, 0.717) is 4.96 Å². The minimum atomic E-state index is -0.453. The molecule has 2 N–H and O–H groups in total. The normalized spacial score (nSPS) is 14.6. The van der Waals surface area contributed by atoms with Gasteiger partial charge in [0, 0.05) is 18.0 Å². The fourth-order valence-electron chi connectivity index (χ4n) is 1.56. The van der Waals surface area contributed by atoms with E-state index in [1.165, 1.54) is 15.7 Å². The molecule has 98 valence electrons. The van der Waals surface area contributed by atoms with Crippen LogP contribution in [0.25, 0.3) is 4.96 Å². The van der Waals surface area contributed by atoms with Crippen LogP contribution in [0.1, 0.15) is 13.8 Å². The summed E-state index contributed by atoms with van der Waals surface area (Å²) in [6.45, 7) is 3.74. The lowest BCUT2D eigenvalue weighted by Gasteiger charge is -2.18. The van der Waals surface area contributed by atoms with E-state index in [9.17, 15) is 10.1 Å². The molecule has 0 radical (unpaired) electrons. The van der Waals surface area contributed by atoms with Crippen LogP contribution in [0, 0.1) is 16.0 Å². The van der Waals surface area contributed by atoms with E-state index in [0.717, 1.165) is 0 Å². The highest BCUT2D eigenvalue weighted by Crippen LogP contribution is 2.29. The summed E-state index contributed by atoms with van der Waals surface area (Å²) in [5.41, 5.74) is 0. The molecule has 0 aliphatic heterocycles. The quantitative estimate of drug-likeness (QED) is 0.637. The van der Waals surface area contributed by atoms with Gasteiger partial charge in [-0.05, 0) is 17.8 Å². The average molecular weight is 270 g/mol. The monoisotopic (exact) mass is 270 g/mol. The van der Waals surface area contributed by atoms with Gasteiger partial charge >= 0.3 is 5.82 Å².